The van der Waals surface area contributed by atoms with Crippen molar-refractivity contribution >= 4 is 10.0 Å². The molecule has 1 rings (SSSR count). The maximum Gasteiger partial charge on any atom is 0.244 e. The highest BCUT2D eigenvalue weighted by molar-refractivity contribution is 7.89. The van der Waals surface area contributed by atoms with Gasteiger partial charge in [-0.15, -0.1) is 0 Å². The van der Waals surface area contributed by atoms with Gasteiger partial charge in [-0.25, -0.2) is 13.1 Å². The van der Waals surface area contributed by atoms with E-state index in [0.717, 1.165) is 19.4 Å². The van der Waals surface area contributed by atoms with Gasteiger partial charge in [0.1, 0.15) is 4.90 Å². The lowest BCUT2D eigenvalue weighted by molar-refractivity contribution is 0.130. The molecule has 1 heterocycles. The van der Waals surface area contributed by atoms with E-state index >= 15 is 0 Å². The van der Waals surface area contributed by atoms with Crippen molar-refractivity contribution in [1.82, 2.24) is 14.9 Å². The van der Waals surface area contributed by atoms with Gasteiger partial charge in [0.05, 0.1) is 11.4 Å². The van der Waals surface area contributed by atoms with Crippen molar-refractivity contribution in [3.63, 3.8) is 0 Å². The Labute approximate surface area is 115 Å². The summed E-state index contributed by atoms with van der Waals surface area (Å²) in [6.07, 6.45) is 2.81. The van der Waals surface area contributed by atoms with Crippen molar-refractivity contribution in [3.05, 3.63) is 11.4 Å². The maximum absolute atomic E-state index is 12.1. The SMILES string of the molecule is CCCCOCCCNS(=O)(=O)c1c(C)n[nH]c1C. The van der Waals surface area contributed by atoms with Crippen LogP contribution in [-0.4, -0.2) is 38.4 Å². The van der Waals surface area contributed by atoms with Crippen molar-refractivity contribution < 1.29 is 13.2 Å². The quantitative estimate of drug-likeness (QED) is 0.675. The van der Waals surface area contributed by atoms with Crippen LogP contribution in [0, 0.1) is 13.8 Å². The van der Waals surface area contributed by atoms with Gasteiger partial charge < -0.3 is 4.74 Å². The molecule has 6 nitrogen and oxygen atoms in total. The molecule has 2 N–H and O–H groups in total. The average molecular weight is 289 g/mol. The summed E-state index contributed by atoms with van der Waals surface area (Å²) in [6.45, 7) is 7.16. The molecule has 0 unspecified atom stereocenters. The summed E-state index contributed by atoms with van der Waals surface area (Å²) >= 11 is 0. The zero-order valence-electron chi connectivity index (χ0n) is 11.8. The number of aromatic nitrogens is 2. The van der Waals surface area contributed by atoms with Crippen molar-refractivity contribution in [3.8, 4) is 0 Å². The van der Waals surface area contributed by atoms with Crippen LogP contribution in [0.3, 0.4) is 0 Å². The Morgan fingerprint density at radius 2 is 1.95 bits per heavy atom. The van der Waals surface area contributed by atoms with Gasteiger partial charge in [0, 0.05) is 19.8 Å². The van der Waals surface area contributed by atoms with Crippen molar-refractivity contribution in [2.24, 2.45) is 0 Å². The van der Waals surface area contributed by atoms with Gasteiger partial charge in [-0.05, 0) is 26.7 Å². The number of sulfonamides is 1. The second-order valence-corrected chi connectivity index (χ2v) is 6.18. The zero-order chi connectivity index (χ0) is 14.3. The predicted octanol–water partition coefficient (Wildman–Crippen LogP) is 1.51. The third-order valence-electron chi connectivity index (χ3n) is 2.73. The number of unbranched alkanes of at least 4 members (excludes halogenated alkanes) is 1. The molecule has 0 radical (unpaired) electrons. The van der Waals surface area contributed by atoms with Crippen molar-refractivity contribution in [1.29, 1.82) is 0 Å². The summed E-state index contributed by atoms with van der Waals surface area (Å²) < 4.78 is 32.1. The minimum atomic E-state index is -3.48. The maximum atomic E-state index is 12.1. The molecule has 0 aliphatic carbocycles. The zero-order valence-corrected chi connectivity index (χ0v) is 12.6. The van der Waals surface area contributed by atoms with E-state index in [1.165, 1.54) is 0 Å². The van der Waals surface area contributed by atoms with Crippen LogP contribution in [0.4, 0.5) is 0 Å². The van der Waals surface area contributed by atoms with Crippen LogP contribution in [0.25, 0.3) is 0 Å². The van der Waals surface area contributed by atoms with Crippen LogP contribution >= 0.6 is 0 Å². The summed E-state index contributed by atoms with van der Waals surface area (Å²) in [7, 11) is -3.48. The molecule has 0 bridgehead atoms. The molecule has 0 aliphatic rings. The van der Waals surface area contributed by atoms with Gasteiger partial charge >= 0.3 is 0 Å². The van der Waals surface area contributed by atoms with E-state index in [2.05, 4.69) is 21.8 Å². The second kappa shape index (κ2) is 7.62. The third kappa shape index (κ3) is 4.93. The number of H-pyrrole nitrogens is 1. The van der Waals surface area contributed by atoms with Crippen LogP contribution in [-0.2, 0) is 14.8 Å². The smallest absolute Gasteiger partial charge is 0.244 e. The van der Waals surface area contributed by atoms with Gasteiger partial charge in [0.2, 0.25) is 10.0 Å². The highest BCUT2D eigenvalue weighted by Gasteiger charge is 2.21. The number of hydrogen-bond acceptors (Lipinski definition) is 4. The van der Waals surface area contributed by atoms with Gasteiger partial charge in [-0.1, -0.05) is 13.3 Å². The fourth-order valence-corrected chi connectivity index (χ4v) is 3.18. The molecule has 0 fully saturated rings. The largest absolute Gasteiger partial charge is 0.381 e. The molecule has 0 amide bonds. The average Bonchev–Trinajstić information content (AvgIpc) is 2.68. The summed E-state index contributed by atoms with van der Waals surface area (Å²) in [5.74, 6) is 0. The number of ether oxygens (including phenoxy) is 1. The molecule has 0 saturated carbocycles. The summed E-state index contributed by atoms with van der Waals surface area (Å²) in [5.41, 5.74) is 1.05. The lowest BCUT2D eigenvalue weighted by Gasteiger charge is -2.07. The van der Waals surface area contributed by atoms with Gasteiger partial charge in [-0.3, -0.25) is 5.10 Å². The minimum Gasteiger partial charge on any atom is -0.381 e. The van der Waals surface area contributed by atoms with Crippen LogP contribution < -0.4 is 4.72 Å². The summed E-state index contributed by atoms with van der Waals surface area (Å²) in [5, 5.41) is 6.57. The number of aryl methyl sites for hydroxylation is 2. The number of nitrogens with zero attached hydrogens (tertiary/aromatic N) is 1. The molecule has 1 aromatic rings. The Hall–Kier alpha value is -0.920. The third-order valence-corrected chi connectivity index (χ3v) is 4.45. The second-order valence-electron chi connectivity index (χ2n) is 4.48. The van der Waals surface area contributed by atoms with E-state index in [-0.39, 0.29) is 4.90 Å². The molecule has 19 heavy (non-hydrogen) atoms. The highest BCUT2D eigenvalue weighted by atomic mass is 32.2. The molecular formula is C12H23N3O3S. The van der Waals surface area contributed by atoms with E-state index in [4.69, 9.17) is 4.74 Å². The normalized spacial score (nSPS) is 11.9. The van der Waals surface area contributed by atoms with E-state index in [9.17, 15) is 8.42 Å². The van der Waals surface area contributed by atoms with Gasteiger partial charge in [0.25, 0.3) is 0 Å². The Bertz CT molecular complexity index is 463. The summed E-state index contributed by atoms with van der Waals surface area (Å²) in [4.78, 5) is 0.249. The Morgan fingerprint density at radius 1 is 1.26 bits per heavy atom. The topological polar surface area (TPSA) is 84.1 Å². The molecular weight excluding hydrogens is 266 g/mol. The first-order valence-corrected chi connectivity index (χ1v) is 8.06. The fourth-order valence-electron chi connectivity index (χ4n) is 1.74. The van der Waals surface area contributed by atoms with Crippen LogP contribution in [0.5, 0.6) is 0 Å². The van der Waals surface area contributed by atoms with Crippen molar-refractivity contribution in [2.75, 3.05) is 19.8 Å². The fraction of sp³-hybridized carbons (Fsp3) is 0.750. The van der Waals surface area contributed by atoms with E-state index < -0.39 is 10.0 Å². The summed E-state index contributed by atoms with van der Waals surface area (Å²) in [6, 6.07) is 0. The van der Waals surface area contributed by atoms with Crippen LogP contribution in [0.1, 0.15) is 37.6 Å². The predicted molar refractivity (Wildman–Crippen MR) is 73.6 cm³/mol. The number of aromatic amines is 1. The molecule has 1 aromatic heterocycles. The minimum absolute atomic E-state index is 0.249. The van der Waals surface area contributed by atoms with Gasteiger partial charge in [0.15, 0.2) is 0 Å². The molecule has 0 aromatic carbocycles. The number of rotatable bonds is 9. The van der Waals surface area contributed by atoms with Crippen LogP contribution in [0.2, 0.25) is 0 Å². The number of hydrogen-bond donors (Lipinski definition) is 2. The molecule has 0 atom stereocenters. The van der Waals surface area contributed by atoms with E-state index in [1.54, 1.807) is 13.8 Å². The first-order valence-electron chi connectivity index (χ1n) is 6.58. The lowest BCUT2D eigenvalue weighted by atomic mass is 10.4. The Balaban J connectivity index is 2.36. The van der Waals surface area contributed by atoms with Crippen LogP contribution in [0.15, 0.2) is 4.90 Å². The standard InChI is InChI=1S/C12H23N3O3S/c1-4-5-8-18-9-6-7-13-19(16,17)12-10(2)14-15-11(12)3/h13H,4-9H2,1-3H3,(H,14,15). The van der Waals surface area contributed by atoms with E-state index in [1.807, 2.05) is 0 Å². The molecule has 0 spiro atoms. The molecule has 0 aliphatic heterocycles. The monoisotopic (exact) mass is 289 g/mol. The lowest BCUT2D eigenvalue weighted by Crippen LogP contribution is -2.26. The van der Waals surface area contributed by atoms with E-state index in [0.29, 0.717) is 31.0 Å². The first kappa shape index (κ1) is 16.1. The highest BCUT2D eigenvalue weighted by Crippen LogP contribution is 2.15. The Morgan fingerprint density at radius 3 is 2.53 bits per heavy atom. The number of nitrogens with one attached hydrogen (secondary N) is 2. The first-order chi connectivity index (χ1) is 8.99. The Kier molecular flexibility index (Phi) is 6.47. The van der Waals surface area contributed by atoms with Crippen molar-refractivity contribution in [2.45, 2.75) is 44.9 Å². The molecule has 0 saturated heterocycles. The van der Waals surface area contributed by atoms with Gasteiger partial charge in [-0.2, -0.15) is 5.10 Å². The molecule has 110 valence electrons. The molecule has 7 heteroatoms.